The van der Waals surface area contributed by atoms with Crippen molar-refractivity contribution < 1.29 is 9.53 Å². The van der Waals surface area contributed by atoms with E-state index >= 15 is 0 Å². The second-order valence-electron chi connectivity index (χ2n) is 5.78. The van der Waals surface area contributed by atoms with Gasteiger partial charge in [-0.15, -0.1) is 0 Å². The van der Waals surface area contributed by atoms with Crippen molar-refractivity contribution >= 4 is 18.5 Å². The predicted molar refractivity (Wildman–Crippen MR) is 97.9 cm³/mol. The SMILES string of the molecule is CCC(C)[C@H](NC[C@@H](N)CS)C(=O)NCc1ccc(OC)cc1. The highest BCUT2D eigenvalue weighted by Gasteiger charge is 2.23. The number of ether oxygens (including phenoxy) is 1. The van der Waals surface area contributed by atoms with Gasteiger partial charge >= 0.3 is 0 Å². The number of nitrogens with two attached hydrogens (primary N) is 1. The molecule has 3 atom stereocenters. The molecule has 0 aliphatic rings. The van der Waals surface area contributed by atoms with Crippen LogP contribution in [0.2, 0.25) is 0 Å². The van der Waals surface area contributed by atoms with Gasteiger partial charge in [-0.1, -0.05) is 32.4 Å². The van der Waals surface area contributed by atoms with Crippen molar-refractivity contribution in [2.75, 3.05) is 19.4 Å². The van der Waals surface area contributed by atoms with Crippen LogP contribution in [-0.2, 0) is 11.3 Å². The lowest BCUT2D eigenvalue weighted by Crippen LogP contribution is -2.51. The summed E-state index contributed by atoms with van der Waals surface area (Å²) >= 11 is 4.17. The number of nitrogens with one attached hydrogen (secondary N) is 2. The highest BCUT2D eigenvalue weighted by Crippen LogP contribution is 2.12. The molecule has 0 fully saturated rings. The number of benzene rings is 1. The second kappa shape index (κ2) is 10.5. The Morgan fingerprint density at radius 1 is 1.35 bits per heavy atom. The first-order valence-corrected chi connectivity index (χ1v) is 8.65. The van der Waals surface area contributed by atoms with Gasteiger partial charge in [0.2, 0.25) is 5.91 Å². The molecular formula is C17H29N3O2S. The minimum absolute atomic E-state index is 0.00142. The zero-order valence-electron chi connectivity index (χ0n) is 14.2. The van der Waals surface area contributed by atoms with Gasteiger partial charge in [0.05, 0.1) is 13.2 Å². The number of hydrogen-bond acceptors (Lipinski definition) is 5. The van der Waals surface area contributed by atoms with E-state index in [0.717, 1.165) is 17.7 Å². The lowest BCUT2D eigenvalue weighted by atomic mass is 9.98. The highest BCUT2D eigenvalue weighted by atomic mass is 32.1. The van der Waals surface area contributed by atoms with E-state index in [-0.39, 0.29) is 23.9 Å². The third kappa shape index (κ3) is 6.81. The van der Waals surface area contributed by atoms with Crippen molar-refractivity contribution in [3.63, 3.8) is 0 Å². The largest absolute Gasteiger partial charge is 0.497 e. The smallest absolute Gasteiger partial charge is 0.237 e. The minimum Gasteiger partial charge on any atom is -0.497 e. The Bertz CT molecular complexity index is 467. The van der Waals surface area contributed by atoms with Crippen LogP contribution in [0.25, 0.3) is 0 Å². The van der Waals surface area contributed by atoms with E-state index in [4.69, 9.17) is 10.5 Å². The summed E-state index contributed by atoms with van der Waals surface area (Å²) in [5.74, 6) is 1.63. The molecule has 1 aromatic rings. The van der Waals surface area contributed by atoms with E-state index in [1.807, 2.05) is 24.3 Å². The zero-order valence-corrected chi connectivity index (χ0v) is 15.1. The van der Waals surface area contributed by atoms with Gasteiger partial charge in [-0.3, -0.25) is 4.79 Å². The molecule has 6 heteroatoms. The quantitative estimate of drug-likeness (QED) is 0.488. The Hall–Kier alpha value is -1.24. The average molecular weight is 340 g/mol. The maximum atomic E-state index is 12.5. The van der Waals surface area contributed by atoms with Crippen LogP contribution >= 0.6 is 12.6 Å². The average Bonchev–Trinajstić information content (AvgIpc) is 2.59. The molecule has 1 amide bonds. The summed E-state index contributed by atoms with van der Waals surface area (Å²) in [6.07, 6.45) is 0.920. The fraction of sp³-hybridized carbons (Fsp3) is 0.588. The van der Waals surface area contributed by atoms with Gasteiger partial charge in [-0.05, 0) is 23.6 Å². The molecule has 0 spiro atoms. The summed E-state index contributed by atoms with van der Waals surface area (Å²) in [4.78, 5) is 12.5. The van der Waals surface area contributed by atoms with Crippen molar-refractivity contribution in [2.45, 2.75) is 38.9 Å². The molecule has 0 aromatic heterocycles. The Kier molecular flexibility index (Phi) is 9.06. The number of thiol groups is 1. The Morgan fingerprint density at radius 3 is 2.52 bits per heavy atom. The topological polar surface area (TPSA) is 76.4 Å². The van der Waals surface area contributed by atoms with E-state index in [2.05, 4.69) is 37.1 Å². The van der Waals surface area contributed by atoms with Gasteiger partial charge < -0.3 is 21.1 Å². The Morgan fingerprint density at radius 2 is 2.00 bits per heavy atom. The molecule has 0 bridgehead atoms. The van der Waals surface area contributed by atoms with Crippen LogP contribution in [0.4, 0.5) is 0 Å². The minimum atomic E-state index is -0.246. The fourth-order valence-electron chi connectivity index (χ4n) is 2.17. The third-order valence-corrected chi connectivity index (χ3v) is 4.42. The summed E-state index contributed by atoms with van der Waals surface area (Å²) in [6, 6.07) is 7.36. The molecule has 0 saturated heterocycles. The lowest BCUT2D eigenvalue weighted by Gasteiger charge is -2.25. The van der Waals surface area contributed by atoms with E-state index in [1.54, 1.807) is 7.11 Å². The number of hydrogen-bond donors (Lipinski definition) is 4. The molecular weight excluding hydrogens is 310 g/mol. The van der Waals surface area contributed by atoms with Gasteiger partial charge in [0, 0.05) is 24.9 Å². The van der Waals surface area contributed by atoms with Crippen LogP contribution < -0.4 is 21.1 Å². The fourth-order valence-corrected chi connectivity index (χ4v) is 2.30. The summed E-state index contributed by atoms with van der Waals surface area (Å²) in [7, 11) is 1.63. The third-order valence-electron chi connectivity index (χ3n) is 3.96. The maximum Gasteiger partial charge on any atom is 0.237 e. The molecule has 0 heterocycles. The Balaban J connectivity index is 2.57. The summed E-state index contributed by atoms with van der Waals surface area (Å²) in [6.45, 7) is 5.22. The van der Waals surface area contributed by atoms with E-state index in [1.165, 1.54) is 0 Å². The molecule has 1 unspecified atom stereocenters. The van der Waals surface area contributed by atoms with Crippen LogP contribution in [-0.4, -0.2) is 37.4 Å². The maximum absolute atomic E-state index is 12.5. The lowest BCUT2D eigenvalue weighted by molar-refractivity contribution is -0.124. The Labute approximate surface area is 144 Å². The predicted octanol–water partition coefficient (Wildman–Crippen LogP) is 1.57. The number of methoxy groups -OCH3 is 1. The first-order valence-electron chi connectivity index (χ1n) is 8.02. The molecule has 4 N–H and O–H groups in total. The molecule has 0 aliphatic carbocycles. The van der Waals surface area contributed by atoms with E-state index < -0.39 is 0 Å². The van der Waals surface area contributed by atoms with Gasteiger partial charge in [0.25, 0.3) is 0 Å². The van der Waals surface area contributed by atoms with Gasteiger partial charge in [0.1, 0.15) is 5.75 Å². The van der Waals surface area contributed by atoms with Crippen molar-refractivity contribution in [1.29, 1.82) is 0 Å². The second-order valence-corrected chi connectivity index (χ2v) is 6.15. The van der Waals surface area contributed by atoms with Gasteiger partial charge in [-0.25, -0.2) is 0 Å². The standard InChI is InChI=1S/C17H29N3O2S/c1-4-12(2)16(19-10-14(18)11-23)17(21)20-9-13-5-7-15(22-3)8-6-13/h5-8,12,14,16,19,23H,4,9-11,18H2,1-3H3,(H,20,21)/t12?,14-,16+/m1/s1. The molecule has 130 valence electrons. The number of carbonyl (C=O) groups excluding carboxylic acids is 1. The molecule has 23 heavy (non-hydrogen) atoms. The van der Waals surface area contributed by atoms with E-state index in [0.29, 0.717) is 18.8 Å². The van der Waals surface area contributed by atoms with Crippen LogP contribution in [0, 0.1) is 5.92 Å². The normalized spacial score (nSPS) is 14.8. The van der Waals surface area contributed by atoms with Crippen LogP contribution in [0.1, 0.15) is 25.8 Å². The van der Waals surface area contributed by atoms with Crippen LogP contribution in [0.3, 0.4) is 0 Å². The molecule has 5 nitrogen and oxygen atoms in total. The monoisotopic (exact) mass is 339 g/mol. The first-order chi connectivity index (χ1) is 11.0. The van der Waals surface area contributed by atoms with Crippen molar-refractivity contribution in [3.8, 4) is 5.75 Å². The number of rotatable bonds is 10. The van der Waals surface area contributed by atoms with Crippen LogP contribution in [0.5, 0.6) is 5.75 Å². The molecule has 1 aromatic carbocycles. The van der Waals surface area contributed by atoms with Crippen molar-refractivity contribution in [1.82, 2.24) is 10.6 Å². The summed E-state index contributed by atoms with van der Waals surface area (Å²) < 4.78 is 5.13. The molecule has 0 aliphatic heterocycles. The van der Waals surface area contributed by atoms with Crippen molar-refractivity contribution in [2.24, 2.45) is 11.7 Å². The molecule has 0 saturated carbocycles. The number of carbonyl (C=O) groups is 1. The molecule has 1 rings (SSSR count). The number of amides is 1. The van der Waals surface area contributed by atoms with Crippen LogP contribution in [0.15, 0.2) is 24.3 Å². The first kappa shape index (κ1) is 19.8. The highest BCUT2D eigenvalue weighted by molar-refractivity contribution is 7.80. The summed E-state index contributed by atoms with van der Waals surface area (Å²) in [5, 5.41) is 6.26. The summed E-state index contributed by atoms with van der Waals surface area (Å²) in [5.41, 5.74) is 6.91. The van der Waals surface area contributed by atoms with E-state index in [9.17, 15) is 4.79 Å². The zero-order chi connectivity index (χ0) is 17.2. The van der Waals surface area contributed by atoms with Gasteiger partial charge in [-0.2, -0.15) is 12.6 Å². The van der Waals surface area contributed by atoms with Gasteiger partial charge in [0.15, 0.2) is 0 Å². The molecule has 0 radical (unpaired) electrons. The van der Waals surface area contributed by atoms with Crippen molar-refractivity contribution in [3.05, 3.63) is 29.8 Å².